The maximum absolute atomic E-state index is 4.98. The summed E-state index contributed by atoms with van der Waals surface area (Å²) in [6, 6.07) is 3.87. The van der Waals surface area contributed by atoms with Crippen LogP contribution in [0.4, 0.5) is 0 Å². The van der Waals surface area contributed by atoms with Crippen LogP contribution < -0.4 is 0 Å². The van der Waals surface area contributed by atoms with E-state index in [1.165, 1.54) is 0 Å². The quantitative estimate of drug-likeness (QED) is 0.524. The van der Waals surface area contributed by atoms with Crippen molar-refractivity contribution in [2.45, 2.75) is 13.3 Å². The molecule has 0 aliphatic heterocycles. The molecule has 0 aliphatic carbocycles. The minimum absolute atomic E-state index is 0.993. The average Bonchev–Trinajstić information content (AvgIpc) is 2.43. The van der Waals surface area contributed by atoms with Crippen molar-refractivity contribution in [3.63, 3.8) is 0 Å². The summed E-state index contributed by atoms with van der Waals surface area (Å²) < 4.78 is 4.98. The van der Waals surface area contributed by atoms with Crippen molar-refractivity contribution in [1.29, 1.82) is 0 Å². The molecule has 0 aliphatic rings. The van der Waals surface area contributed by atoms with E-state index in [0.717, 1.165) is 12.2 Å². The zero-order chi connectivity index (χ0) is 7.11. The summed E-state index contributed by atoms with van der Waals surface area (Å²) in [5, 5.41) is 0. The maximum Gasteiger partial charge on any atom is 0.103 e. The van der Waals surface area contributed by atoms with Gasteiger partial charge in [-0.1, -0.05) is 6.92 Å². The second-order valence-electron chi connectivity index (χ2n) is 1.43. The first kappa shape index (κ1) is 8.02. The SMILES string of the molecule is C=C.CCc1ccco1. The monoisotopic (exact) mass is 124 g/mol. The lowest BCUT2D eigenvalue weighted by atomic mass is 10.4. The Morgan fingerprint density at radius 2 is 2.22 bits per heavy atom. The third-order valence-corrected chi connectivity index (χ3v) is 0.929. The van der Waals surface area contributed by atoms with E-state index in [-0.39, 0.29) is 0 Å². The molecule has 50 valence electrons. The van der Waals surface area contributed by atoms with Crippen LogP contribution in [0.1, 0.15) is 12.7 Å². The van der Waals surface area contributed by atoms with E-state index in [0.29, 0.717) is 0 Å². The Labute approximate surface area is 56.0 Å². The fourth-order valence-electron chi connectivity index (χ4n) is 0.514. The molecule has 0 aromatic carbocycles. The molecule has 0 N–H and O–H groups in total. The van der Waals surface area contributed by atoms with Crippen LogP contribution in [0.25, 0.3) is 0 Å². The highest BCUT2D eigenvalue weighted by molar-refractivity contribution is 4.96. The molecule has 1 heteroatoms. The molecule has 1 heterocycles. The van der Waals surface area contributed by atoms with Crippen molar-refractivity contribution in [3.8, 4) is 0 Å². The molecule has 0 atom stereocenters. The largest absolute Gasteiger partial charge is 0.469 e. The second-order valence-corrected chi connectivity index (χ2v) is 1.43. The van der Waals surface area contributed by atoms with Crippen molar-refractivity contribution in [3.05, 3.63) is 37.3 Å². The molecular weight excluding hydrogens is 112 g/mol. The van der Waals surface area contributed by atoms with Crippen molar-refractivity contribution >= 4 is 0 Å². The highest BCUT2D eigenvalue weighted by Crippen LogP contribution is 1.98. The molecule has 0 fully saturated rings. The fraction of sp³-hybridized carbons (Fsp3) is 0.250. The molecule has 1 aromatic rings. The third kappa shape index (κ3) is 2.75. The molecule has 1 rings (SSSR count). The predicted octanol–water partition coefficient (Wildman–Crippen LogP) is 2.64. The highest BCUT2D eigenvalue weighted by atomic mass is 16.3. The van der Waals surface area contributed by atoms with Gasteiger partial charge in [-0.2, -0.15) is 0 Å². The number of aryl methyl sites for hydroxylation is 1. The molecule has 0 amide bonds. The van der Waals surface area contributed by atoms with E-state index in [2.05, 4.69) is 20.1 Å². The summed E-state index contributed by atoms with van der Waals surface area (Å²) in [6.45, 7) is 8.07. The maximum atomic E-state index is 4.98. The second kappa shape index (κ2) is 5.16. The Hall–Kier alpha value is -0.980. The molecular formula is C8H12O. The molecule has 1 aromatic heterocycles. The van der Waals surface area contributed by atoms with Gasteiger partial charge in [0.1, 0.15) is 5.76 Å². The summed E-state index contributed by atoms with van der Waals surface area (Å²) in [5.74, 6) is 1.06. The van der Waals surface area contributed by atoms with Gasteiger partial charge in [0.05, 0.1) is 6.26 Å². The van der Waals surface area contributed by atoms with E-state index >= 15 is 0 Å². The third-order valence-electron chi connectivity index (χ3n) is 0.929. The van der Waals surface area contributed by atoms with Crippen LogP contribution in [0.2, 0.25) is 0 Å². The van der Waals surface area contributed by atoms with Gasteiger partial charge in [0.2, 0.25) is 0 Å². The van der Waals surface area contributed by atoms with Gasteiger partial charge in [-0.05, 0) is 12.1 Å². The molecule has 1 nitrogen and oxygen atoms in total. The van der Waals surface area contributed by atoms with E-state index in [4.69, 9.17) is 4.42 Å². The predicted molar refractivity (Wildman–Crippen MR) is 39.3 cm³/mol. The van der Waals surface area contributed by atoms with Crippen LogP contribution in [0.3, 0.4) is 0 Å². The number of furan rings is 1. The molecule has 0 spiro atoms. The number of hydrogen-bond acceptors (Lipinski definition) is 1. The summed E-state index contributed by atoms with van der Waals surface area (Å²) >= 11 is 0. The Morgan fingerprint density at radius 1 is 1.56 bits per heavy atom. The summed E-state index contributed by atoms with van der Waals surface area (Å²) in [5.41, 5.74) is 0. The van der Waals surface area contributed by atoms with Crippen LogP contribution in [0.15, 0.2) is 36.0 Å². The average molecular weight is 124 g/mol. The van der Waals surface area contributed by atoms with Gasteiger partial charge in [-0.15, -0.1) is 13.2 Å². The smallest absolute Gasteiger partial charge is 0.103 e. The first-order valence-corrected chi connectivity index (χ1v) is 2.96. The van der Waals surface area contributed by atoms with Gasteiger partial charge in [-0.25, -0.2) is 0 Å². The Balaban J connectivity index is 0.000000291. The van der Waals surface area contributed by atoms with Crippen LogP contribution >= 0.6 is 0 Å². The normalized spacial score (nSPS) is 7.67. The van der Waals surface area contributed by atoms with Gasteiger partial charge in [0.15, 0.2) is 0 Å². The van der Waals surface area contributed by atoms with Crippen molar-refractivity contribution in [1.82, 2.24) is 0 Å². The van der Waals surface area contributed by atoms with Crippen LogP contribution in [0, 0.1) is 0 Å². The van der Waals surface area contributed by atoms with Crippen molar-refractivity contribution in [2.75, 3.05) is 0 Å². The lowest BCUT2D eigenvalue weighted by Gasteiger charge is -1.79. The first-order chi connectivity index (χ1) is 4.43. The molecule has 0 saturated carbocycles. The molecule has 0 saturated heterocycles. The van der Waals surface area contributed by atoms with E-state index in [9.17, 15) is 0 Å². The van der Waals surface area contributed by atoms with Crippen molar-refractivity contribution in [2.24, 2.45) is 0 Å². The van der Waals surface area contributed by atoms with Gasteiger partial charge in [0, 0.05) is 6.42 Å². The zero-order valence-electron chi connectivity index (χ0n) is 5.76. The number of rotatable bonds is 1. The lowest BCUT2D eigenvalue weighted by molar-refractivity contribution is 0.516. The summed E-state index contributed by atoms with van der Waals surface area (Å²) in [6.07, 6.45) is 2.69. The Kier molecular flexibility index (Phi) is 4.60. The van der Waals surface area contributed by atoms with Crippen LogP contribution in [-0.2, 0) is 6.42 Å². The topological polar surface area (TPSA) is 13.1 Å². The summed E-state index contributed by atoms with van der Waals surface area (Å²) in [4.78, 5) is 0. The Bertz CT molecular complexity index is 130. The zero-order valence-corrected chi connectivity index (χ0v) is 5.76. The van der Waals surface area contributed by atoms with Gasteiger partial charge >= 0.3 is 0 Å². The minimum Gasteiger partial charge on any atom is -0.469 e. The standard InChI is InChI=1S/C6H8O.C2H4/c1-2-6-4-3-5-7-6;1-2/h3-5H,2H2,1H3;1-2H2. The van der Waals surface area contributed by atoms with Gasteiger partial charge < -0.3 is 4.42 Å². The highest BCUT2D eigenvalue weighted by Gasteiger charge is 1.84. The lowest BCUT2D eigenvalue weighted by Crippen LogP contribution is -1.66. The summed E-state index contributed by atoms with van der Waals surface area (Å²) in [7, 11) is 0. The van der Waals surface area contributed by atoms with Crippen molar-refractivity contribution < 1.29 is 4.42 Å². The molecule has 0 radical (unpaired) electrons. The minimum atomic E-state index is 0.993. The van der Waals surface area contributed by atoms with E-state index in [1.54, 1.807) is 6.26 Å². The fourth-order valence-corrected chi connectivity index (χ4v) is 0.514. The van der Waals surface area contributed by atoms with Crippen LogP contribution in [-0.4, -0.2) is 0 Å². The Morgan fingerprint density at radius 3 is 2.44 bits per heavy atom. The van der Waals surface area contributed by atoms with E-state index < -0.39 is 0 Å². The van der Waals surface area contributed by atoms with Crippen LogP contribution in [0.5, 0.6) is 0 Å². The van der Waals surface area contributed by atoms with Gasteiger partial charge in [0.25, 0.3) is 0 Å². The molecule has 0 unspecified atom stereocenters. The van der Waals surface area contributed by atoms with Gasteiger partial charge in [-0.3, -0.25) is 0 Å². The molecule has 9 heavy (non-hydrogen) atoms. The first-order valence-electron chi connectivity index (χ1n) is 2.96. The molecule has 0 bridgehead atoms. The van der Waals surface area contributed by atoms with E-state index in [1.807, 2.05) is 12.1 Å². The number of hydrogen-bond donors (Lipinski definition) is 0.